The highest BCUT2D eigenvalue weighted by molar-refractivity contribution is 14.1. The topological polar surface area (TPSA) is 17.1 Å². The monoisotopic (exact) mass is 340 g/mol. The van der Waals surface area contributed by atoms with E-state index < -0.39 is 5.82 Å². The number of carbonyl (C=O) groups excluding carboxylic acids is 1. The predicted molar refractivity (Wildman–Crippen MR) is 73.7 cm³/mol. The van der Waals surface area contributed by atoms with Gasteiger partial charge in [-0.1, -0.05) is 11.6 Å². The molecular formula is C14H10FIO. The number of hydrogen-bond donors (Lipinski definition) is 0. The molecule has 0 N–H and O–H groups in total. The molecule has 0 fully saturated rings. The Morgan fingerprint density at radius 1 is 1.12 bits per heavy atom. The summed E-state index contributed by atoms with van der Waals surface area (Å²) in [6.07, 6.45) is 0. The summed E-state index contributed by atoms with van der Waals surface area (Å²) < 4.78 is 14.6. The molecule has 1 nitrogen and oxygen atoms in total. The molecule has 2 rings (SSSR count). The van der Waals surface area contributed by atoms with Crippen LogP contribution in [0.2, 0.25) is 0 Å². The first-order valence-electron chi connectivity index (χ1n) is 5.14. The third-order valence-electron chi connectivity index (χ3n) is 2.47. The number of hydrogen-bond acceptors (Lipinski definition) is 1. The molecule has 86 valence electrons. The van der Waals surface area contributed by atoms with Gasteiger partial charge >= 0.3 is 0 Å². The minimum absolute atomic E-state index is 0.131. The summed E-state index contributed by atoms with van der Waals surface area (Å²) in [6.45, 7) is 1.84. The maximum Gasteiger partial charge on any atom is 0.195 e. The van der Waals surface area contributed by atoms with Gasteiger partial charge in [0, 0.05) is 9.13 Å². The van der Waals surface area contributed by atoms with Crippen LogP contribution < -0.4 is 0 Å². The molecule has 2 aromatic carbocycles. The molecule has 2 aromatic rings. The molecule has 0 bridgehead atoms. The molecule has 0 aliphatic carbocycles. The first kappa shape index (κ1) is 12.2. The van der Waals surface area contributed by atoms with Crippen LogP contribution in [-0.4, -0.2) is 5.78 Å². The normalized spacial score (nSPS) is 10.3. The zero-order chi connectivity index (χ0) is 12.4. The van der Waals surface area contributed by atoms with E-state index in [0.29, 0.717) is 5.56 Å². The molecule has 0 atom stereocenters. The number of carbonyl (C=O) groups is 1. The van der Waals surface area contributed by atoms with Gasteiger partial charge in [-0.25, -0.2) is 4.39 Å². The Bertz CT molecular complexity index is 561. The van der Waals surface area contributed by atoms with Crippen molar-refractivity contribution in [1.82, 2.24) is 0 Å². The van der Waals surface area contributed by atoms with Crippen molar-refractivity contribution in [2.45, 2.75) is 6.92 Å². The summed E-state index contributed by atoms with van der Waals surface area (Å²) in [6, 6.07) is 11.7. The van der Waals surface area contributed by atoms with E-state index in [-0.39, 0.29) is 11.3 Å². The third-order valence-corrected chi connectivity index (χ3v) is 3.19. The fraction of sp³-hybridized carbons (Fsp3) is 0.0714. The summed E-state index contributed by atoms with van der Waals surface area (Å²) in [4.78, 5) is 12.1. The van der Waals surface area contributed by atoms with Crippen molar-refractivity contribution in [2.75, 3.05) is 0 Å². The van der Waals surface area contributed by atoms with Crippen LogP contribution in [0.3, 0.4) is 0 Å². The molecule has 0 spiro atoms. The second kappa shape index (κ2) is 4.96. The molecule has 0 saturated carbocycles. The first-order valence-corrected chi connectivity index (χ1v) is 6.22. The van der Waals surface area contributed by atoms with Crippen LogP contribution >= 0.6 is 22.6 Å². The Kier molecular flexibility index (Phi) is 3.57. The van der Waals surface area contributed by atoms with Crippen molar-refractivity contribution < 1.29 is 9.18 Å². The van der Waals surface area contributed by atoms with E-state index >= 15 is 0 Å². The summed E-state index contributed by atoms with van der Waals surface area (Å²) in [5, 5.41) is 0. The van der Waals surface area contributed by atoms with Crippen LogP contribution in [0.15, 0.2) is 42.5 Å². The Balaban J connectivity index is 2.43. The van der Waals surface area contributed by atoms with Crippen LogP contribution in [-0.2, 0) is 0 Å². The van der Waals surface area contributed by atoms with E-state index in [1.807, 2.05) is 19.1 Å². The zero-order valence-corrected chi connectivity index (χ0v) is 11.4. The number of aryl methyl sites for hydroxylation is 1. The second-order valence-corrected chi connectivity index (χ2v) is 5.06. The SMILES string of the molecule is Cc1ccc(F)c(C(=O)c2ccc(I)cc2)c1. The molecule has 0 amide bonds. The Hall–Kier alpha value is -1.23. The molecule has 17 heavy (non-hydrogen) atoms. The lowest BCUT2D eigenvalue weighted by atomic mass is 10.0. The van der Waals surface area contributed by atoms with E-state index in [4.69, 9.17) is 0 Å². The summed E-state index contributed by atoms with van der Waals surface area (Å²) in [5.74, 6) is -0.748. The van der Waals surface area contributed by atoms with Gasteiger partial charge in [0.2, 0.25) is 0 Å². The standard InChI is InChI=1S/C14H10FIO/c1-9-2-7-13(15)12(8-9)14(17)10-3-5-11(16)6-4-10/h2-8H,1H3. The molecule has 3 heteroatoms. The van der Waals surface area contributed by atoms with Gasteiger partial charge in [0.15, 0.2) is 5.78 Å². The predicted octanol–water partition coefficient (Wildman–Crippen LogP) is 3.97. The molecule has 0 unspecified atom stereocenters. The van der Waals surface area contributed by atoms with Gasteiger partial charge in [0.05, 0.1) is 5.56 Å². The van der Waals surface area contributed by atoms with E-state index in [2.05, 4.69) is 22.6 Å². The lowest BCUT2D eigenvalue weighted by Crippen LogP contribution is -2.04. The molecule has 0 heterocycles. The second-order valence-electron chi connectivity index (χ2n) is 3.82. The Labute approximate surface area is 113 Å². The largest absolute Gasteiger partial charge is 0.288 e. The number of ketones is 1. The number of rotatable bonds is 2. The van der Waals surface area contributed by atoms with Crippen molar-refractivity contribution in [2.24, 2.45) is 0 Å². The fourth-order valence-corrected chi connectivity index (χ4v) is 1.93. The van der Waals surface area contributed by atoms with Gasteiger partial charge in [0.25, 0.3) is 0 Å². The highest BCUT2D eigenvalue weighted by atomic mass is 127. The quantitative estimate of drug-likeness (QED) is 0.597. The van der Waals surface area contributed by atoms with E-state index in [0.717, 1.165) is 9.13 Å². The fourth-order valence-electron chi connectivity index (χ4n) is 1.57. The molecule has 0 saturated heterocycles. The zero-order valence-electron chi connectivity index (χ0n) is 9.21. The molecule has 0 aromatic heterocycles. The van der Waals surface area contributed by atoms with E-state index in [1.165, 1.54) is 6.07 Å². The number of benzene rings is 2. The van der Waals surface area contributed by atoms with Gasteiger partial charge in [-0.2, -0.15) is 0 Å². The number of halogens is 2. The lowest BCUT2D eigenvalue weighted by Gasteiger charge is -2.04. The van der Waals surface area contributed by atoms with Gasteiger partial charge in [-0.3, -0.25) is 4.79 Å². The minimum atomic E-state index is -0.473. The van der Waals surface area contributed by atoms with Crippen LogP contribution in [0.4, 0.5) is 4.39 Å². The Morgan fingerprint density at radius 3 is 2.41 bits per heavy atom. The minimum Gasteiger partial charge on any atom is -0.288 e. The smallest absolute Gasteiger partial charge is 0.195 e. The van der Waals surface area contributed by atoms with Gasteiger partial charge in [-0.05, 0) is 65.9 Å². The van der Waals surface area contributed by atoms with Crippen LogP contribution in [0.25, 0.3) is 0 Å². The maximum absolute atomic E-state index is 13.6. The molecule has 0 radical (unpaired) electrons. The Morgan fingerprint density at radius 2 is 1.76 bits per heavy atom. The van der Waals surface area contributed by atoms with Crippen molar-refractivity contribution in [3.63, 3.8) is 0 Å². The first-order chi connectivity index (χ1) is 8.08. The van der Waals surface area contributed by atoms with Crippen LogP contribution in [0.5, 0.6) is 0 Å². The lowest BCUT2D eigenvalue weighted by molar-refractivity contribution is 0.103. The molecular weight excluding hydrogens is 330 g/mol. The van der Waals surface area contributed by atoms with E-state index in [1.54, 1.807) is 24.3 Å². The van der Waals surface area contributed by atoms with Crippen molar-refractivity contribution in [3.8, 4) is 0 Å². The van der Waals surface area contributed by atoms with Crippen LogP contribution in [0.1, 0.15) is 21.5 Å². The van der Waals surface area contributed by atoms with Gasteiger partial charge in [-0.15, -0.1) is 0 Å². The maximum atomic E-state index is 13.6. The highest BCUT2D eigenvalue weighted by Crippen LogP contribution is 2.16. The average Bonchev–Trinajstić information content (AvgIpc) is 2.32. The summed E-state index contributed by atoms with van der Waals surface area (Å²) >= 11 is 2.16. The summed E-state index contributed by atoms with van der Waals surface area (Å²) in [7, 11) is 0. The highest BCUT2D eigenvalue weighted by Gasteiger charge is 2.13. The average molecular weight is 340 g/mol. The summed E-state index contributed by atoms with van der Waals surface area (Å²) in [5.41, 5.74) is 1.52. The van der Waals surface area contributed by atoms with Crippen molar-refractivity contribution >= 4 is 28.4 Å². The van der Waals surface area contributed by atoms with Gasteiger partial charge in [0.1, 0.15) is 5.82 Å². The van der Waals surface area contributed by atoms with Crippen molar-refractivity contribution in [3.05, 3.63) is 68.5 Å². The molecule has 0 aliphatic heterocycles. The van der Waals surface area contributed by atoms with Crippen molar-refractivity contribution in [1.29, 1.82) is 0 Å². The van der Waals surface area contributed by atoms with Gasteiger partial charge < -0.3 is 0 Å². The molecule has 0 aliphatic rings. The van der Waals surface area contributed by atoms with Crippen LogP contribution in [0, 0.1) is 16.3 Å². The van der Waals surface area contributed by atoms with E-state index in [9.17, 15) is 9.18 Å². The third kappa shape index (κ3) is 2.72.